The van der Waals surface area contributed by atoms with Gasteiger partial charge in [0.25, 0.3) is 0 Å². The molecule has 0 bridgehead atoms. The van der Waals surface area contributed by atoms with E-state index in [0.717, 1.165) is 42.5 Å². The molecule has 4 heteroatoms. The van der Waals surface area contributed by atoms with Crippen LogP contribution in [0.5, 0.6) is 5.75 Å². The fourth-order valence-corrected chi connectivity index (χ4v) is 3.25. The summed E-state index contributed by atoms with van der Waals surface area (Å²) in [6.45, 7) is 3.70. The van der Waals surface area contributed by atoms with Gasteiger partial charge in [0.2, 0.25) is 5.91 Å². The molecule has 0 aromatic heterocycles. The number of carbonyl (C=O) groups is 1. The molecule has 0 aliphatic carbocycles. The molecule has 1 fully saturated rings. The van der Waals surface area contributed by atoms with Crippen molar-refractivity contribution in [3.05, 3.63) is 28.7 Å². The summed E-state index contributed by atoms with van der Waals surface area (Å²) in [6.07, 6.45) is 6.00. The molecule has 3 nitrogen and oxygen atoms in total. The standard InChI is InChI=1S/C17H24BrNO2/c1-2-15-8-3-4-11-19(15)17(20)10-6-12-21-16-9-5-7-14(18)13-16/h5,7,9,13,15H,2-4,6,8,10-12H2,1H3. The first-order valence-corrected chi connectivity index (χ1v) is 8.68. The van der Waals surface area contributed by atoms with Crippen LogP contribution in [-0.4, -0.2) is 30.0 Å². The van der Waals surface area contributed by atoms with Crippen molar-refractivity contribution >= 4 is 21.8 Å². The third kappa shape index (κ3) is 5.03. The van der Waals surface area contributed by atoms with E-state index < -0.39 is 0 Å². The Morgan fingerprint density at radius 3 is 3.05 bits per heavy atom. The molecule has 0 saturated carbocycles. The average molecular weight is 354 g/mol. The van der Waals surface area contributed by atoms with Crippen molar-refractivity contribution in [2.45, 2.75) is 51.5 Å². The number of halogens is 1. The SMILES string of the molecule is CCC1CCCCN1C(=O)CCCOc1cccc(Br)c1. The second-order valence-corrected chi connectivity index (χ2v) is 6.47. The molecule has 2 rings (SSSR count). The van der Waals surface area contributed by atoms with Crippen molar-refractivity contribution in [1.82, 2.24) is 4.90 Å². The van der Waals surface area contributed by atoms with E-state index in [1.807, 2.05) is 24.3 Å². The second-order valence-electron chi connectivity index (χ2n) is 5.55. The highest BCUT2D eigenvalue weighted by atomic mass is 79.9. The Morgan fingerprint density at radius 1 is 1.43 bits per heavy atom. The molecule has 1 atom stereocenters. The third-order valence-corrected chi connectivity index (χ3v) is 4.51. The molecule has 1 aliphatic rings. The smallest absolute Gasteiger partial charge is 0.222 e. The van der Waals surface area contributed by atoms with Gasteiger partial charge in [0.15, 0.2) is 0 Å². The van der Waals surface area contributed by atoms with Gasteiger partial charge in [0.05, 0.1) is 6.61 Å². The van der Waals surface area contributed by atoms with Crippen molar-refractivity contribution in [2.75, 3.05) is 13.2 Å². The zero-order valence-electron chi connectivity index (χ0n) is 12.7. The van der Waals surface area contributed by atoms with Crippen LogP contribution in [0.4, 0.5) is 0 Å². The van der Waals surface area contributed by atoms with Crippen LogP contribution in [0.25, 0.3) is 0 Å². The minimum absolute atomic E-state index is 0.291. The van der Waals surface area contributed by atoms with Crippen molar-refractivity contribution in [2.24, 2.45) is 0 Å². The number of hydrogen-bond donors (Lipinski definition) is 0. The molecule has 116 valence electrons. The monoisotopic (exact) mass is 353 g/mol. The van der Waals surface area contributed by atoms with Gasteiger partial charge in [-0.1, -0.05) is 28.9 Å². The van der Waals surface area contributed by atoms with E-state index in [0.29, 0.717) is 25.0 Å². The lowest BCUT2D eigenvalue weighted by Gasteiger charge is -2.35. The zero-order valence-corrected chi connectivity index (χ0v) is 14.3. The minimum Gasteiger partial charge on any atom is -0.494 e. The molecule has 0 radical (unpaired) electrons. The third-order valence-electron chi connectivity index (χ3n) is 4.02. The summed E-state index contributed by atoms with van der Waals surface area (Å²) in [5, 5.41) is 0. The second kappa shape index (κ2) is 8.42. The van der Waals surface area contributed by atoms with Crippen LogP contribution in [-0.2, 0) is 4.79 Å². The van der Waals surface area contributed by atoms with Crippen LogP contribution in [0.1, 0.15) is 45.4 Å². The van der Waals surface area contributed by atoms with Crippen LogP contribution in [0, 0.1) is 0 Å². The van der Waals surface area contributed by atoms with Gasteiger partial charge in [-0.25, -0.2) is 0 Å². The largest absolute Gasteiger partial charge is 0.494 e. The van der Waals surface area contributed by atoms with Gasteiger partial charge < -0.3 is 9.64 Å². The molecule has 21 heavy (non-hydrogen) atoms. The summed E-state index contributed by atoms with van der Waals surface area (Å²) in [7, 11) is 0. The van der Waals surface area contributed by atoms with E-state index in [4.69, 9.17) is 4.74 Å². The number of nitrogens with zero attached hydrogens (tertiary/aromatic N) is 1. The lowest BCUT2D eigenvalue weighted by atomic mass is 9.99. The van der Waals surface area contributed by atoms with Gasteiger partial charge in [0.1, 0.15) is 5.75 Å². The Hall–Kier alpha value is -1.03. The van der Waals surface area contributed by atoms with E-state index in [1.165, 1.54) is 6.42 Å². The maximum atomic E-state index is 12.3. The first-order chi connectivity index (χ1) is 10.2. The molecule has 1 unspecified atom stereocenters. The number of amides is 1. The highest BCUT2D eigenvalue weighted by Crippen LogP contribution is 2.21. The van der Waals surface area contributed by atoms with Gasteiger partial charge >= 0.3 is 0 Å². The van der Waals surface area contributed by atoms with Gasteiger partial charge in [-0.15, -0.1) is 0 Å². The Balaban J connectivity index is 1.71. The van der Waals surface area contributed by atoms with E-state index in [1.54, 1.807) is 0 Å². The zero-order chi connectivity index (χ0) is 15.1. The van der Waals surface area contributed by atoms with Gasteiger partial charge in [-0.05, 0) is 50.3 Å². The number of benzene rings is 1. The molecular weight excluding hydrogens is 330 g/mol. The molecular formula is C17H24BrNO2. The van der Waals surface area contributed by atoms with E-state index in [-0.39, 0.29) is 0 Å². The molecule has 1 aliphatic heterocycles. The van der Waals surface area contributed by atoms with Crippen LogP contribution in [0.15, 0.2) is 28.7 Å². The van der Waals surface area contributed by atoms with E-state index >= 15 is 0 Å². The highest BCUT2D eigenvalue weighted by molar-refractivity contribution is 9.10. The quantitative estimate of drug-likeness (QED) is 0.709. The normalized spacial score (nSPS) is 18.6. The number of likely N-dealkylation sites (tertiary alicyclic amines) is 1. The Morgan fingerprint density at radius 2 is 2.29 bits per heavy atom. The molecule has 1 heterocycles. The number of ether oxygens (including phenoxy) is 1. The molecule has 0 N–H and O–H groups in total. The molecule has 1 aromatic rings. The Labute approximate surface area is 135 Å². The minimum atomic E-state index is 0.291. The number of carbonyl (C=O) groups excluding carboxylic acids is 1. The van der Waals surface area contributed by atoms with Crippen molar-refractivity contribution in [1.29, 1.82) is 0 Å². The van der Waals surface area contributed by atoms with E-state index in [9.17, 15) is 4.79 Å². The lowest BCUT2D eigenvalue weighted by Crippen LogP contribution is -2.43. The first kappa shape index (κ1) is 16.3. The van der Waals surface area contributed by atoms with Crippen molar-refractivity contribution in [3.63, 3.8) is 0 Å². The van der Waals surface area contributed by atoms with Crippen LogP contribution >= 0.6 is 15.9 Å². The predicted octanol–water partition coefficient (Wildman–Crippen LogP) is 4.40. The Kier molecular flexibility index (Phi) is 6.55. The summed E-state index contributed by atoms with van der Waals surface area (Å²) in [5.74, 6) is 1.14. The summed E-state index contributed by atoms with van der Waals surface area (Å²) >= 11 is 3.42. The van der Waals surface area contributed by atoms with Gasteiger partial charge in [-0.3, -0.25) is 4.79 Å². The van der Waals surface area contributed by atoms with Gasteiger partial charge in [-0.2, -0.15) is 0 Å². The number of hydrogen-bond acceptors (Lipinski definition) is 2. The fraction of sp³-hybridized carbons (Fsp3) is 0.588. The van der Waals surface area contributed by atoms with Crippen LogP contribution < -0.4 is 4.74 Å². The Bertz CT molecular complexity index is 464. The molecule has 1 amide bonds. The fourth-order valence-electron chi connectivity index (χ4n) is 2.87. The topological polar surface area (TPSA) is 29.5 Å². The van der Waals surface area contributed by atoms with Crippen molar-refractivity contribution in [3.8, 4) is 5.75 Å². The first-order valence-electron chi connectivity index (χ1n) is 7.88. The summed E-state index contributed by atoms with van der Waals surface area (Å²) < 4.78 is 6.69. The molecule has 0 spiro atoms. The van der Waals surface area contributed by atoms with Crippen LogP contribution in [0.2, 0.25) is 0 Å². The average Bonchev–Trinajstić information content (AvgIpc) is 2.51. The molecule has 1 aromatic carbocycles. The van der Waals surface area contributed by atoms with Gasteiger partial charge in [0, 0.05) is 23.5 Å². The number of piperidine rings is 1. The summed E-state index contributed by atoms with van der Waals surface area (Å²) in [6, 6.07) is 8.25. The van der Waals surface area contributed by atoms with Crippen molar-refractivity contribution < 1.29 is 9.53 Å². The number of rotatable bonds is 6. The van der Waals surface area contributed by atoms with E-state index in [2.05, 4.69) is 27.8 Å². The molecule has 1 saturated heterocycles. The highest BCUT2D eigenvalue weighted by Gasteiger charge is 2.24. The predicted molar refractivity (Wildman–Crippen MR) is 88.5 cm³/mol. The summed E-state index contributed by atoms with van der Waals surface area (Å²) in [5.41, 5.74) is 0. The maximum Gasteiger partial charge on any atom is 0.222 e. The lowest BCUT2D eigenvalue weighted by molar-refractivity contribution is -0.135. The summed E-state index contributed by atoms with van der Waals surface area (Å²) in [4.78, 5) is 14.4. The maximum absolute atomic E-state index is 12.3. The van der Waals surface area contributed by atoms with Crippen LogP contribution in [0.3, 0.4) is 0 Å².